The van der Waals surface area contributed by atoms with Gasteiger partial charge in [0.05, 0.1) is 11.6 Å². The van der Waals surface area contributed by atoms with Crippen LogP contribution in [0, 0.1) is 0 Å². The van der Waals surface area contributed by atoms with Crippen molar-refractivity contribution in [3.05, 3.63) is 71.3 Å². The highest BCUT2D eigenvalue weighted by atomic mass is 16.6. The van der Waals surface area contributed by atoms with E-state index in [1.54, 1.807) is 30.9 Å². The van der Waals surface area contributed by atoms with Gasteiger partial charge >= 0.3 is 6.09 Å². The number of hydrogen-bond acceptors (Lipinski definition) is 4. The highest BCUT2D eigenvalue weighted by Crippen LogP contribution is 2.42. The van der Waals surface area contributed by atoms with Gasteiger partial charge in [0, 0.05) is 24.9 Å². The van der Waals surface area contributed by atoms with Crippen LogP contribution >= 0.6 is 0 Å². The molecular formula is C24H29N3O4. The van der Waals surface area contributed by atoms with Crippen molar-refractivity contribution in [3.63, 3.8) is 0 Å². The van der Waals surface area contributed by atoms with Crippen LogP contribution in [-0.2, 0) is 15.1 Å². The summed E-state index contributed by atoms with van der Waals surface area (Å²) in [5, 5.41) is 10.5. The number of cyclic esters (lactones) is 1. The molecule has 0 saturated carbocycles. The molecule has 31 heavy (non-hydrogen) atoms. The number of aliphatic hydroxyl groups is 1. The van der Waals surface area contributed by atoms with Crippen molar-refractivity contribution in [2.75, 3.05) is 6.54 Å². The normalized spacial score (nSPS) is 20.8. The molecule has 1 heterocycles. The molecule has 0 bridgehead atoms. The highest BCUT2D eigenvalue weighted by molar-refractivity contribution is 6.00. The number of amidine groups is 1. The van der Waals surface area contributed by atoms with Crippen LogP contribution < -0.4 is 5.73 Å². The zero-order valence-corrected chi connectivity index (χ0v) is 18.1. The van der Waals surface area contributed by atoms with E-state index in [4.69, 9.17) is 10.5 Å². The summed E-state index contributed by atoms with van der Waals surface area (Å²) in [6.45, 7) is 5.87. The van der Waals surface area contributed by atoms with E-state index in [0.717, 1.165) is 11.1 Å². The monoisotopic (exact) mass is 423 g/mol. The molecule has 1 fully saturated rings. The number of carbonyl (C=O) groups excluding carboxylic acids is 2. The summed E-state index contributed by atoms with van der Waals surface area (Å²) in [4.78, 5) is 28.8. The Morgan fingerprint density at radius 1 is 1.26 bits per heavy atom. The van der Waals surface area contributed by atoms with Gasteiger partial charge in [0.25, 0.3) is 0 Å². The first kappa shape index (κ1) is 22.5. The minimum atomic E-state index is -0.997. The lowest BCUT2D eigenvalue weighted by atomic mass is 9.80. The summed E-state index contributed by atoms with van der Waals surface area (Å²) < 4.78 is 6.03. The molecule has 2 atom stereocenters. The fourth-order valence-corrected chi connectivity index (χ4v) is 4.14. The van der Waals surface area contributed by atoms with Crippen LogP contribution in [0.25, 0.3) is 0 Å². The van der Waals surface area contributed by atoms with E-state index < -0.39 is 17.3 Å². The molecule has 3 N–H and O–H groups in total. The molecule has 0 aromatic heterocycles. The van der Waals surface area contributed by atoms with Gasteiger partial charge in [-0.2, -0.15) is 4.99 Å². The Balaban J connectivity index is 1.81. The van der Waals surface area contributed by atoms with E-state index in [0.29, 0.717) is 31.4 Å². The van der Waals surface area contributed by atoms with Crippen molar-refractivity contribution in [1.82, 2.24) is 4.90 Å². The Morgan fingerprint density at radius 3 is 2.45 bits per heavy atom. The Labute approximate surface area is 182 Å². The fraction of sp³-hybridized carbons (Fsp3) is 0.375. The lowest BCUT2D eigenvalue weighted by Gasteiger charge is -2.45. The third-order valence-corrected chi connectivity index (χ3v) is 5.64. The molecule has 1 saturated heterocycles. The van der Waals surface area contributed by atoms with E-state index in [1.807, 2.05) is 49.4 Å². The molecule has 1 aliphatic rings. The summed E-state index contributed by atoms with van der Waals surface area (Å²) in [5.74, 6) is 0.144. The molecule has 0 spiro atoms. The third-order valence-electron chi connectivity index (χ3n) is 5.64. The number of nitrogens with zero attached hydrogens (tertiary/aromatic N) is 2. The van der Waals surface area contributed by atoms with E-state index in [9.17, 15) is 14.7 Å². The number of amides is 2. The maximum absolute atomic E-state index is 13.1. The summed E-state index contributed by atoms with van der Waals surface area (Å²) in [7, 11) is 0. The van der Waals surface area contributed by atoms with Crippen molar-refractivity contribution < 1.29 is 19.4 Å². The smallest absolute Gasteiger partial charge is 0.411 e. The van der Waals surface area contributed by atoms with E-state index in [2.05, 4.69) is 4.99 Å². The Morgan fingerprint density at radius 2 is 1.90 bits per heavy atom. The number of aliphatic imine (C=N–C) groups is 1. The summed E-state index contributed by atoms with van der Waals surface area (Å²) in [6, 6.07) is 16.6. The average molecular weight is 424 g/mol. The van der Waals surface area contributed by atoms with Gasteiger partial charge in [0.2, 0.25) is 6.41 Å². The van der Waals surface area contributed by atoms with Gasteiger partial charge in [0.1, 0.15) is 11.4 Å². The summed E-state index contributed by atoms with van der Waals surface area (Å²) >= 11 is 0. The Bertz CT molecular complexity index is 951. The van der Waals surface area contributed by atoms with Crippen molar-refractivity contribution in [2.45, 2.75) is 50.9 Å². The zero-order valence-electron chi connectivity index (χ0n) is 18.1. The lowest BCUT2D eigenvalue weighted by molar-refractivity contribution is -0.106. The topological polar surface area (TPSA) is 105 Å². The number of carbonyl (C=O) groups is 2. The molecule has 2 amide bonds. The van der Waals surface area contributed by atoms with Crippen LogP contribution in [0.4, 0.5) is 4.79 Å². The summed E-state index contributed by atoms with van der Waals surface area (Å²) in [6.07, 6.45) is 0.858. The molecule has 0 aliphatic carbocycles. The number of benzene rings is 2. The van der Waals surface area contributed by atoms with Gasteiger partial charge in [0.15, 0.2) is 0 Å². The van der Waals surface area contributed by atoms with Crippen LogP contribution in [-0.4, -0.2) is 40.5 Å². The molecule has 7 heteroatoms. The van der Waals surface area contributed by atoms with Crippen LogP contribution in [0.3, 0.4) is 0 Å². The second kappa shape index (κ2) is 8.89. The van der Waals surface area contributed by atoms with Crippen LogP contribution in [0.15, 0.2) is 59.6 Å². The molecule has 2 aromatic carbocycles. The van der Waals surface area contributed by atoms with Gasteiger partial charge < -0.3 is 20.5 Å². The van der Waals surface area contributed by atoms with Gasteiger partial charge in [-0.25, -0.2) is 4.79 Å². The first-order valence-corrected chi connectivity index (χ1v) is 10.3. The minimum absolute atomic E-state index is 0.144. The molecule has 3 rings (SSSR count). The fourth-order valence-electron chi connectivity index (χ4n) is 4.14. The van der Waals surface area contributed by atoms with E-state index in [-0.39, 0.29) is 11.9 Å². The predicted octanol–water partition coefficient (Wildman–Crippen LogP) is 3.51. The van der Waals surface area contributed by atoms with Gasteiger partial charge in [-0.1, -0.05) is 54.6 Å². The molecule has 2 unspecified atom stereocenters. The van der Waals surface area contributed by atoms with Crippen LogP contribution in [0.1, 0.15) is 56.3 Å². The number of ether oxygens (including phenoxy) is 1. The van der Waals surface area contributed by atoms with Crippen LogP contribution in [0.5, 0.6) is 0 Å². The third kappa shape index (κ3) is 5.11. The number of nitrogens with two attached hydrogens (primary N) is 1. The van der Waals surface area contributed by atoms with Crippen molar-refractivity contribution in [1.29, 1.82) is 0 Å². The van der Waals surface area contributed by atoms with Gasteiger partial charge in [-0.15, -0.1) is 0 Å². The maximum Gasteiger partial charge on any atom is 0.411 e. The number of hydrogen-bond donors (Lipinski definition) is 2. The average Bonchev–Trinajstić information content (AvgIpc) is 2.73. The van der Waals surface area contributed by atoms with E-state index >= 15 is 0 Å². The van der Waals surface area contributed by atoms with Crippen molar-refractivity contribution in [2.24, 2.45) is 10.7 Å². The lowest BCUT2D eigenvalue weighted by Crippen LogP contribution is -2.51. The first-order valence-electron chi connectivity index (χ1n) is 10.3. The largest absolute Gasteiger partial charge is 0.438 e. The van der Waals surface area contributed by atoms with Gasteiger partial charge in [-0.05, 0) is 31.9 Å². The first-order chi connectivity index (χ1) is 14.6. The SMILES string of the molecule is CC(c1ccc(C(N)=NC=O)cc1)N1CCC(CC(C)(C)O)(c2ccccc2)OC1=O. The predicted molar refractivity (Wildman–Crippen MR) is 118 cm³/mol. The Hall–Kier alpha value is -3.19. The Kier molecular flexibility index (Phi) is 6.45. The molecule has 2 aromatic rings. The second-order valence-corrected chi connectivity index (χ2v) is 8.58. The highest BCUT2D eigenvalue weighted by Gasteiger charge is 2.46. The minimum Gasteiger partial charge on any atom is -0.438 e. The second-order valence-electron chi connectivity index (χ2n) is 8.58. The molecule has 1 aliphatic heterocycles. The van der Waals surface area contributed by atoms with Crippen LogP contribution in [0.2, 0.25) is 0 Å². The number of rotatable bonds is 7. The zero-order chi connectivity index (χ0) is 22.6. The van der Waals surface area contributed by atoms with Crippen molar-refractivity contribution >= 4 is 18.3 Å². The molecular weight excluding hydrogens is 394 g/mol. The summed E-state index contributed by atoms with van der Waals surface area (Å²) in [5.41, 5.74) is 6.30. The van der Waals surface area contributed by atoms with Crippen molar-refractivity contribution in [3.8, 4) is 0 Å². The van der Waals surface area contributed by atoms with Gasteiger partial charge in [-0.3, -0.25) is 4.79 Å². The molecule has 164 valence electrons. The van der Waals surface area contributed by atoms with E-state index in [1.165, 1.54) is 0 Å². The maximum atomic E-state index is 13.1. The molecule has 7 nitrogen and oxygen atoms in total. The standard InChI is InChI=1S/C24H29N3O4/c1-17(18-9-11-19(12-10-18)21(25)26-16-28)27-14-13-24(31-22(27)29,15-23(2,3)30)20-7-5-4-6-8-20/h4-12,16-17,30H,13-15H2,1-3H3,(H2,25,26,28). The quantitative estimate of drug-likeness (QED) is 0.403. The molecule has 0 radical (unpaired) electrons.